The standard InChI is InChI=1S/C29H56O4/c1-4-7-8-9-10-11-12-13-14-15-16-17-18-19-25-32-28(30)23-20-24-29(31)33-26-27(21-5-2)22-6-3/h27H,4-26H2,1-3H3. The van der Waals surface area contributed by atoms with Crippen LogP contribution >= 0.6 is 0 Å². The van der Waals surface area contributed by atoms with Crippen molar-refractivity contribution >= 4 is 11.9 Å². The van der Waals surface area contributed by atoms with Crippen LogP contribution in [0.5, 0.6) is 0 Å². The average Bonchev–Trinajstić information content (AvgIpc) is 2.80. The topological polar surface area (TPSA) is 52.6 Å². The van der Waals surface area contributed by atoms with Gasteiger partial charge in [-0.3, -0.25) is 9.59 Å². The summed E-state index contributed by atoms with van der Waals surface area (Å²) < 4.78 is 10.7. The number of esters is 2. The highest BCUT2D eigenvalue weighted by Gasteiger charge is 2.11. The lowest BCUT2D eigenvalue weighted by Gasteiger charge is -2.15. The summed E-state index contributed by atoms with van der Waals surface area (Å²) in [4.78, 5) is 23.7. The predicted octanol–water partition coefficient (Wildman–Crippen LogP) is 8.94. The van der Waals surface area contributed by atoms with E-state index >= 15 is 0 Å². The first kappa shape index (κ1) is 31.9. The second kappa shape index (κ2) is 25.6. The number of unbranched alkanes of at least 4 members (excludes halogenated alkanes) is 13. The summed E-state index contributed by atoms with van der Waals surface area (Å²) in [7, 11) is 0. The average molecular weight is 469 g/mol. The summed E-state index contributed by atoms with van der Waals surface area (Å²) >= 11 is 0. The van der Waals surface area contributed by atoms with E-state index in [1.807, 2.05) is 0 Å². The summed E-state index contributed by atoms with van der Waals surface area (Å²) in [5.41, 5.74) is 0. The van der Waals surface area contributed by atoms with Crippen molar-refractivity contribution in [2.45, 2.75) is 156 Å². The molecule has 0 aromatic carbocycles. The zero-order valence-corrected chi connectivity index (χ0v) is 22.5. The molecule has 0 atom stereocenters. The van der Waals surface area contributed by atoms with Crippen molar-refractivity contribution in [1.29, 1.82) is 0 Å². The van der Waals surface area contributed by atoms with Crippen LogP contribution < -0.4 is 0 Å². The Morgan fingerprint density at radius 2 is 0.939 bits per heavy atom. The molecule has 196 valence electrons. The van der Waals surface area contributed by atoms with Crippen molar-refractivity contribution in [1.82, 2.24) is 0 Å². The van der Waals surface area contributed by atoms with Gasteiger partial charge in [0.2, 0.25) is 0 Å². The van der Waals surface area contributed by atoms with E-state index in [0.29, 0.717) is 38.4 Å². The molecule has 0 aromatic rings. The van der Waals surface area contributed by atoms with Gasteiger partial charge in [-0.05, 0) is 31.6 Å². The number of carbonyl (C=O) groups is 2. The molecule has 0 bridgehead atoms. The van der Waals surface area contributed by atoms with Gasteiger partial charge in [0.15, 0.2) is 0 Å². The first-order valence-corrected chi connectivity index (χ1v) is 14.4. The third-order valence-corrected chi connectivity index (χ3v) is 6.40. The highest BCUT2D eigenvalue weighted by atomic mass is 16.5. The van der Waals surface area contributed by atoms with E-state index in [1.54, 1.807) is 0 Å². The maximum Gasteiger partial charge on any atom is 0.305 e. The second-order valence-corrected chi connectivity index (χ2v) is 9.80. The van der Waals surface area contributed by atoms with Crippen LogP contribution in [0.4, 0.5) is 0 Å². The van der Waals surface area contributed by atoms with Gasteiger partial charge in [-0.15, -0.1) is 0 Å². The van der Waals surface area contributed by atoms with E-state index in [9.17, 15) is 9.59 Å². The molecule has 0 aliphatic carbocycles. The van der Waals surface area contributed by atoms with Crippen LogP contribution in [-0.4, -0.2) is 25.2 Å². The van der Waals surface area contributed by atoms with Gasteiger partial charge in [-0.2, -0.15) is 0 Å². The first-order chi connectivity index (χ1) is 16.1. The molecule has 0 saturated carbocycles. The molecule has 0 radical (unpaired) electrons. The summed E-state index contributed by atoms with van der Waals surface area (Å²) in [5.74, 6) is 0.0957. The molecule has 0 aliphatic rings. The van der Waals surface area contributed by atoms with Crippen molar-refractivity contribution in [3.63, 3.8) is 0 Å². The zero-order valence-electron chi connectivity index (χ0n) is 22.5. The Morgan fingerprint density at radius 1 is 0.515 bits per heavy atom. The van der Waals surface area contributed by atoms with Gasteiger partial charge in [0.05, 0.1) is 13.2 Å². The lowest BCUT2D eigenvalue weighted by atomic mass is 9.99. The fourth-order valence-corrected chi connectivity index (χ4v) is 4.34. The van der Waals surface area contributed by atoms with E-state index < -0.39 is 0 Å². The molecule has 4 heteroatoms. The Hall–Kier alpha value is -1.06. The van der Waals surface area contributed by atoms with Crippen LogP contribution in [-0.2, 0) is 19.1 Å². The number of carbonyl (C=O) groups excluding carboxylic acids is 2. The number of hydrogen-bond acceptors (Lipinski definition) is 4. The maximum atomic E-state index is 11.9. The Kier molecular flexibility index (Phi) is 24.7. The Balaban J connectivity index is 3.40. The maximum absolute atomic E-state index is 11.9. The van der Waals surface area contributed by atoms with E-state index in [4.69, 9.17) is 9.47 Å². The monoisotopic (exact) mass is 468 g/mol. The molecule has 0 amide bonds. The molecular weight excluding hydrogens is 412 g/mol. The third-order valence-electron chi connectivity index (χ3n) is 6.40. The summed E-state index contributed by atoms with van der Waals surface area (Å²) in [5, 5.41) is 0. The highest BCUT2D eigenvalue weighted by molar-refractivity contribution is 5.72. The molecule has 0 aromatic heterocycles. The van der Waals surface area contributed by atoms with Crippen molar-refractivity contribution in [3.05, 3.63) is 0 Å². The van der Waals surface area contributed by atoms with Crippen LogP contribution in [0, 0.1) is 5.92 Å². The molecule has 0 spiro atoms. The molecule has 33 heavy (non-hydrogen) atoms. The smallest absolute Gasteiger partial charge is 0.305 e. The van der Waals surface area contributed by atoms with Gasteiger partial charge < -0.3 is 9.47 Å². The molecule has 0 aliphatic heterocycles. The Labute approximate surface area is 206 Å². The molecule has 4 nitrogen and oxygen atoms in total. The Bertz CT molecular complexity index is 429. The van der Waals surface area contributed by atoms with Crippen LogP contribution in [0.2, 0.25) is 0 Å². The molecule has 0 fully saturated rings. The fraction of sp³-hybridized carbons (Fsp3) is 0.931. The van der Waals surface area contributed by atoms with Crippen LogP contribution in [0.25, 0.3) is 0 Å². The highest BCUT2D eigenvalue weighted by Crippen LogP contribution is 2.15. The van der Waals surface area contributed by atoms with Gasteiger partial charge in [-0.25, -0.2) is 0 Å². The van der Waals surface area contributed by atoms with Crippen LogP contribution in [0.1, 0.15) is 156 Å². The Morgan fingerprint density at radius 3 is 1.39 bits per heavy atom. The van der Waals surface area contributed by atoms with Crippen LogP contribution in [0.15, 0.2) is 0 Å². The van der Waals surface area contributed by atoms with E-state index in [2.05, 4.69) is 20.8 Å². The molecule has 0 rings (SSSR count). The molecular formula is C29H56O4. The molecule has 0 heterocycles. The third kappa shape index (κ3) is 23.9. The minimum atomic E-state index is -0.188. The van der Waals surface area contributed by atoms with Gasteiger partial charge in [-0.1, -0.05) is 117 Å². The van der Waals surface area contributed by atoms with E-state index in [-0.39, 0.29) is 11.9 Å². The van der Waals surface area contributed by atoms with Crippen molar-refractivity contribution in [2.24, 2.45) is 5.92 Å². The summed E-state index contributed by atoms with van der Waals surface area (Å²) in [6.07, 6.45) is 24.1. The zero-order chi connectivity index (χ0) is 24.4. The SMILES string of the molecule is CCCCCCCCCCCCCCCCOC(=O)CCCC(=O)OCC(CCC)CCC. The molecule has 0 N–H and O–H groups in total. The van der Waals surface area contributed by atoms with Gasteiger partial charge >= 0.3 is 11.9 Å². The van der Waals surface area contributed by atoms with Crippen molar-refractivity contribution in [2.75, 3.05) is 13.2 Å². The number of hydrogen-bond donors (Lipinski definition) is 0. The van der Waals surface area contributed by atoms with Crippen molar-refractivity contribution in [3.8, 4) is 0 Å². The summed E-state index contributed by atoms with van der Waals surface area (Å²) in [6.45, 7) is 7.62. The normalized spacial score (nSPS) is 11.2. The number of ether oxygens (including phenoxy) is 2. The molecule has 0 saturated heterocycles. The molecule has 0 unspecified atom stereocenters. The van der Waals surface area contributed by atoms with Gasteiger partial charge in [0.1, 0.15) is 0 Å². The van der Waals surface area contributed by atoms with Gasteiger partial charge in [0.25, 0.3) is 0 Å². The quantitative estimate of drug-likeness (QED) is 0.0991. The second-order valence-electron chi connectivity index (χ2n) is 9.80. The van der Waals surface area contributed by atoms with E-state index in [0.717, 1.165) is 38.5 Å². The van der Waals surface area contributed by atoms with Gasteiger partial charge in [0, 0.05) is 12.8 Å². The fourth-order valence-electron chi connectivity index (χ4n) is 4.34. The number of rotatable bonds is 25. The summed E-state index contributed by atoms with van der Waals surface area (Å²) in [6, 6.07) is 0. The largest absolute Gasteiger partial charge is 0.466 e. The van der Waals surface area contributed by atoms with Crippen LogP contribution in [0.3, 0.4) is 0 Å². The lowest BCUT2D eigenvalue weighted by molar-refractivity contribution is -0.146. The minimum absolute atomic E-state index is 0.188. The predicted molar refractivity (Wildman–Crippen MR) is 139 cm³/mol. The minimum Gasteiger partial charge on any atom is -0.466 e. The van der Waals surface area contributed by atoms with E-state index in [1.165, 1.54) is 77.0 Å². The first-order valence-electron chi connectivity index (χ1n) is 14.4. The lowest BCUT2D eigenvalue weighted by Crippen LogP contribution is -2.14. The van der Waals surface area contributed by atoms with Crippen molar-refractivity contribution < 1.29 is 19.1 Å².